The second-order valence-corrected chi connectivity index (χ2v) is 6.59. The molecule has 1 amide bonds. The minimum atomic E-state index is -0.498. The maximum Gasteiger partial charge on any atom is 0.293 e. The van der Waals surface area contributed by atoms with Gasteiger partial charge in [-0.2, -0.15) is 0 Å². The molecule has 0 spiro atoms. The maximum absolute atomic E-state index is 11.6. The molecule has 8 heteroatoms. The number of thiazole rings is 1. The molecule has 7 nitrogen and oxygen atoms in total. The average molecular weight is 348 g/mol. The normalized spacial score (nSPS) is 12.0. The first-order valence-electron chi connectivity index (χ1n) is 7.55. The first-order chi connectivity index (χ1) is 11.3. The van der Waals surface area contributed by atoms with Gasteiger partial charge in [-0.15, -0.1) is 11.3 Å². The zero-order valence-electron chi connectivity index (χ0n) is 14.0. The van der Waals surface area contributed by atoms with Crippen LogP contribution in [-0.4, -0.2) is 22.9 Å². The smallest absolute Gasteiger partial charge is 0.293 e. The molecule has 24 heavy (non-hydrogen) atoms. The molecule has 1 heterocycles. The molecule has 1 atom stereocenters. The summed E-state index contributed by atoms with van der Waals surface area (Å²) >= 11 is 1.58. The molecule has 0 aliphatic carbocycles. The highest BCUT2D eigenvalue weighted by molar-refractivity contribution is 7.09. The molecule has 0 bridgehead atoms. The lowest BCUT2D eigenvalue weighted by Crippen LogP contribution is -2.18. The first kappa shape index (κ1) is 17.9. The van der Waals surface area contributed by atoms with Crippen LogP contribution < -0.4 is 10.6 Å². The lowest BCUT2D eigenvalue weighted by atomic mass is 10.1. The van der Waals surface area contributed by atoms with Gasteiger partial charge in [0, 0.05) is 30.0 Å². The Balaban J connectivity index is 2.27. The number of rotatable bonds is 6. The highest BCUT2D eigenvalue weighted by Crippen LogP contribution is 2.30. The molecule has 1 aromatic heterocycles. The van der Waals surface area contributed by atoms with Crippen molar-refractivity contribution in [1.29, 1.82) is 0 Å². The van der Waals surface area contributed by atoms with Crippen LogP contribution in [0.2, 0.25) is 0 Å². The summed E-state index contributed by atoms with van der Waals surface area (Å²) in [6.45, 7) is 6.04. The Hall–Kier alpha value is -2.48. The van der Waals surface area contributed by atoms with E-state index in [0.29, 0.717) is 11.6 Å². The van der Waals surface area contributed by atoms with E-state index in [1.165, 1.54) is 13.1 Å². The Labute approximate surface area is 144 Å². The second kappa shape index (κ2) is 7.39. The SMILES string of the molecule is CNC(=O)c1ccc(N[C@H](C)c2csc(C(C)C)n2)c([N+](=O)[O-])c1. The van der Waals surface area contributed by atoms with Crippen molar-refractivity contribution >= 4 is 28.6 Å². The molecule has 0 fully saturated rings. The van der Waals surface area contributed by atoms with E-state index >= 15 is 0 Å². The van der Waals surface area contributed by atoms with Crippen molar-refractivity contribution in [2.75, 3.05) is 12.4 Å². The number of nitrogens with one attached hydrogen (secondary N) is 2. The summed E-state index contributed by atoms with van der Waals surface area (Å²) in [6.07, 6.45) is 0. The number of aromatic nitrogens is 1. The minimum absolute atomic E-state index is 0.137. The van der Waals surface area contributed by atoms with Crippen molar-refractivity contribution in [3.63, 3.8) is 0 Å². The number of anilines is 1. The van der Waals surface area contributed by atoms with Gasteiger partial charge in [-0.05, 0) is 19.1 Å². The molecule has 0 unspecified atom stereocenters. The number of nitrogens with zero attached hydrogens (tertiary/aromatic N) is 2. The third-order valence-corrected chi connectivity index (χ3v) is 4.70. The van der Waals surface area contributed by atoms with E-state index in [2.05, 4.69) is 29.5 Å². The molecular weight excluding hydrogens is 328 g/mol. The number of carbonyl (C=O) groups is 1. The van der Waals surface area contributed by atoms with Crippen LogP contribution in [0.15, 0.2) is 23.6 Å². The molecule has 2 rings (SSSR count). The van der Waals surface area contributed by atoms with E-state index in [1.807, 2.05) is 12.3 Å². The van der Waals surface area contributed by atoms with Gasteiger partial charge in [-0.3, -0.25) is 14.9 Å². The lowest BCUT2D eigenvalue weighted by molar-refractivity contribution is -0.384. The lowest BCUT2D eigenvalue weighted by Gasteiger charge is -2.14. The fraction of sp³-hybridized carbons (Fsp3) is 0.375. The molecule has 2 aromatic rings. The summed E-state index contributed by atoms with van der Waals surface area (Å²) in [7, 11) is 1.48. The summed E-state index contributed by atoms with van der Waals surface area (Å²) in [5, 5.41) is 19.9. The van der Waals surface area contributed by atoms with Gasteiger partial charge >= 0.3 is 0 Å². The summed E-state index contributed by atoms with van der Waals surface area (Å²) < 4.78 is 0. The third kappa shape index (κ3) is 3.88. The van der Waals surface area contributed by atoms with E-state index in [0.717, 1.165) is 10.7 Å². The van der Waals surface area contributed by atoms with Crippen molar-refractivity contribution < 1.29 is 9.72 Å². The number of hydrogen-bond donors (Lipinski definition) is 2. The molecule has 0 radical (unpaired) electrons. The van der Waals surface area contributed by atoms with Crippen LogP contribution in [0.3, 0.4) is 0 Å². The molecule has 0 saturated carbocycles. The topological polar surface area (TPSA) is 97.2 Å². The molecule has 0 saturated heterocycles. The summed E-state index contributed by atoms with van der Waals surface area (Å²) in [5.74, 6) is -0.0177. The molecule has 2 N–H and O–H groups in total. The highest BCUT2D eigenvalue weighted by atomic mass is 32.1. The van der Waals surface area contributed by atoms with Crippen LogP contribution in [0.1, 0.15) is 53.8 Å². The predicted molar refractivity (Wildman–Crippen MR) is 94.7 cm³/mol. The molecule has 1 aromatic carbocycles. The van der Waals surface area contributed by atoms with Crippen LogP contribution in [0.25, 0.3) is 0 Å². The summed E-state index contributed by atoms with van der Waals surface area (Å²) in [4.78, 5) is 27.0. The summed E-state index contributed by atoms with van der Waals surface area (Å²) in [5.41, 5.74) is 1.31. The predicted octanol–water partition coefficient (Wildman–Crippen LogP) is 3.71. The molecule has 0 aliphatic heterocycles. The number of carbonyl (C=O) groups excluding carboxylic acids is 1. The Morgan fingerprint density at radius 3 is 2.58 bits per heavy atom. The molecule has 0 aliphatic rings. The van der Waals surface area contributed by atoms with Gasteiger partial charge in [0.2, 0.25) is 0 Å². The monoisotopic (exact) mass is 348 g/mol. The largest absolute Gasteiger partial charge is 0.371 e. The van der Waals surface area contributed by atoms with Gasteiger partial charge in [0.1, 0.15) is 5.69 Å². The van der Waals surface area contributed by atoms with E-state index in [-0.39, 0.29) is 23.2 Å². The van der Waals surface area contributed by atoms with Gasteiger partial charge < -0.3 is 10.6 Å². The van der Waals surface area contributed by atoms with Crippen molar-refractivity contribution in [2.45, 2.75) is 32.7 Å². The zero-order chi connectivity index (χ0) is 17.9. The average Bonchev–Trinajstić information content (AvgIpc) is 3.04. The Morgan fingerprint density at radius 1 is 1.33 bits per heavy atom. The number of nitro groups is 1. The molecule has 128 valence electrons. The van der Waals surface area contributed by atoms with Gasteiger partial charge in [-0.25, -0.2) is 4.98 Å². The first-order valence-corrected chi connectivity index (χ1v) is 8.43. The number of benzene rings is 1. The van der Waals surface area contributed by atoms with Gasteiger partial charge in [-0.1, -0.05) is 13.8 Å². The van der Waals surface area contributed by atoms with E-state index in [4.69, 9.17) is 0 Å². The fourth-order valence-corrected chi connectivity index (χ4v) is 3.09. The molecular formula is C16H20N4O3S. The quantitative estimate of drug-likeness (QED) is 0.613. The van der Waals surface area contributed by atoms with E-state index < -0.39 is 4.92 Å². The number of nitro benzene ring substituents is 1. The Bertz CT molecular complexity index is 758. The van der Waals surface area contributed by atoms with Gasteiger partial charge in [0.15, 0.2) is 0 Å². The van der Waals surface area contributed by atoms with Crippen molar-refractivity contribution in [3.8, 4) is 0 Å². The van der Waals surface area contributed by atoms with Crippen LogP contribution in [0, 0.1) is 10.1 Å². The van der Waals surface area contributed by atoms with Crippen LogP contribution in [0.4, 0.5) is 11.4 Å². The zero-order valence-corrected chi connectivity index (χ0v) is 14.8. The Morgan fingerprint density at radius 2 is 2.04 bits per heavy atom. The van der Waals surface area contributed by atoms with Crippen LogP contribution in [0.5, 0.6) is 0 Å². The van der Waals surface area contributed by atoms with E-state index in [1.54, 1.807) is 23.5 Å². The van der Waals surface area contributed by atoms with Crippen molar-refractivity contribution in [1.82, 2.24) is 10.3 Å². The van der Waals surface area contributed by atoms with Crippen molar-refractivity contribution in [2.24, 2.45) is 0 Å². The number of hydrogen-bond acceptors (Lipinski definition) is 6. The van der Waals surface area contributed by atoms with E-state index in [9.17, 15) is 14.9 Å². The van der Waals surface area contributed by atoms with Crippen LogP contribution in [-0.2, 0) is 0 Å². The maximum atomic E-state index is 11.6. The van der Waals surface area contributed by atoms with Crippen molar-refractivity contribution in [3.05, 3.63) is 50.0 Å². The third-order valence-electron chi connectivity index (χ3n) is 3.53. The highest BCUT2D eigenvalue weighted by Gasteiger charge is 2.20. The standard InChI is InChI=1S/C16H20N4O3S/c1-9(2)16-19-13(8-24-16)10(3)18-12-6-5-11(15(21)17-4)7-14(12)20(22)23/h5-10,18H,1-4H3,(H,17,21)/t10-/m1/s1. The Kier molecular flexibility index (Phi) is 5.50. The number of amides is 1. The minimum Gasteiger partial charge on any atom is -0.371 e. The second-order valence-electron chi connectivity index (χ2n) is 5.70. The summed E-state index contributed by atoms with van der Waals surface area (Å²) in [6, 6.07) is 4.20. The van der Waals surface area contributed by atoms with Gasteiger partial charge in [0.25, 0.3) is 11.6 Å². The van der Waals surface area contributed by atoms with Gasteiger partial charge in [0.05, 0.1) is 21.7 Å². The van der Waals surface area contributed by atoms with Crippen LogP contribution >= 0.6 is 11.3 Å². The fourth-order valence-electron chi connectivity index (χ4n) is 2.16.